The van der Waals surface area contributed by atoms with Gasteiger partial charge in [-0.2, -0.15) is 0 Å². The summed E-state index contributed by atoms with van der Waals surface area (Å²) in [6, 6.07) is 3.15. The zero-order chi connectivity index (χ0) is 11.7. The Morgan fingerprint density at radius 3 is 2.81 bits per heavy atom. The van der Waals surface area contributed by atoms with Crippen molar-refractivity contribution in [2.45, 2.75) is 13.5 Å². The topological polar surface area (TPSA) is 54.9 Å². The normalized spacial score (nSPS) is 10.6. The van der Waals surface area contributed by atoms with Gasteiger partial charge in [-0.1, -0.05) is 11.6 Å². The summed E-state index contributed by atoms with van der Waals surface area (Å²) < 4.78 is 1.13. The van der Waals surface area contributed by atoms with Gasteiger partial charge in [0.25, 0.3) is 5.56 Å². The van der Waals surface area contributed by atoms with Crippen LogP contribution in [-0.4, -0.2) is 9.55 Å². The second kappa shape index (κ2) is 4.27. The highest BCUT2D eigenvalue weighted by molar-refractivity contribution is 7.10. The average molecular weight is 257 g/mol. The van der Waals surface area contributed by atoms with Crippen molar-refractivity contribution in [3.8, 4) is 0 Å². The van der Waals surface area contributed by atoms with Gasteiger partial charge in [-0.25, -0.2) is 4.79 Å². The number of aromatic amines is 1. The van der Waals surface area contributed by atoms with E-state index in [0.717, 1.165) is 15.0 Å². The lowest BCUT2D eigenvalue weighted by molar-refractivity contribution is 0.704. The lowest BCUT2D eigenvalue weighted by Gasteiger charge is -2.03. The molecule has 0 radical (unpaired) electrons. The Hall–Kier alpha value is -1.33. The van der Waals surface area contributed by atoms with Gasteiger partial charge in [0.1, 0.15) is 5.15 Å². The third-order valence-corrected chi connectivity index (χ3v) is 3.47. The lowest BCUT2D eigenvalue weighted by Crippen LogP contribution is -2.34. The van der Waals surface area contributed by atoms with E-state index in [2.05, 4.69) is 4.98 Å². The maximum Gasteiger partial charge on any atom is 0.329 e. The van der Waals surface area contributed by atoms with Gasteiger partial charge >= 0.3 is 5.69 Å². The lowest BCUT2D eigenvalue weighted by atomic mass is 10.3. The summed E-state index contributed by atoms with van der Waals surface area (Å²) >= 11 is 7.09. The summed E-state index contributed by atoms with van der Waals surface area (Å²) in [5.41, 5.74) is 0.207. The molecule has 0 unspecified atom stereocenters. The predicted octanol–water partition coefficient (Wildman–Crippen LogP) is 1.61. The van der Waals surface area contributed by atoms with Crippen molar-refractivity contribution in [2.24, 2.45) is 0 Å². The molecule has 0 aliphatic heterocycles. The van der Waals surface area contributed by atoms with Crippen molar-refractivity contribution >= 4 is 22.9 Å². The van der Waals surface area contributed by atoms with E-state index >= 15 is 0 Å². The molecule has 0 aromatic carbocycles. The minimum atomic E-state index is -0.481. The molecule has 1 N–H and O–H groups in total. The Balaban J connectivity index is 2.47. The number of H-pyrrole nitrogens is 1. The Morgan fingerprint density at radius 2 is 2.25 bits per heavy atom. The van der Waals surface area contributed by atoms with E-state index in [4.69, 9.17) is 11.6 Å². The first-order valence-corrected chi connectivity index (χ1v) is 5.86. The molecule has 2 heterocycles. The highest BCUT2D eigenvalue weighted by Crippen LogP contribution is 2.15. The van der Waals surface area contributed by atoms with Crippen molar-refractivity contribution in [3.63, 3.8) is 0 Å². The number of halogens is 1. The number of hydrogen-bond donors (Lipinski definition) is 1. The van der Waals surface area contributed by atoms with Gasteiger partial charge in [0.05, 0.1) is 6.54 Å². The molecule has 4 nitrogen and oxygen atoms in total. The highest BCUT2D eigenvalue weighted by atomic mass is 35.5. The Kier molecular flexibility index (Phi) is 2.98. The van der Waals surface area contributed by atoms with Crippen molar-refractivity contribution in [2.75, 3.05) is 0 Å². The highest BCUT2D eigenvalue weighted by Gasteiger charge is 2.06. The number of hydrogen-bond acceptors (Lipinski definition) is 3. The zero-order valence-corrected chi connectivity index (χ0v) is 10.1. The second-order valence-corrected chi connectivity index (χ2v) is 4.78. The summed E-state index contributed by atoms with van der Waals surface area (Å²) in [7, 11) is 0. The van der Waals surface area contributed by atoms with E-state index in [1.165, 1.54) is 17.4 Å². The molecule has 0 aliphatic rings. The SMILES string of the molecule is Cc1ccsc1Cn1c(=O)cc(Cl)[nH]c1=O. The van der Waals surface area contributed by atoms with Crippen LogP contribution in [0.25, 0.3) is 0 Å². The summed E-state index contributed by atoms with van der Waals surface area (Å²) in [6.07, 6.45) is 0. The van der Waals surface area contributed by atoms with Gasteiger partial charge in [-0.3, -0.25) is 14.3 Å². The Labute approximate surface area is 100 Å². The standard InChI is InChI=1S/C10H9ClN2O2S/c1-6-2-3-16-7(6)5-13-9(14)4-8(11)12-10(13)15/h2-4H,5H2,1H3,(H,12,15). The van der Waals surface area contributed by atoms with E-state index in [1.807, 2.05) is 18.4 Å². The fourth-order valence-electron chi connectivity index (χ4n) is 1.35. The first-order valence-electron chi connectivity index (χ1n) is 4.60. The van der Waals surface area contributed by atoms with Crippen molar-refractivity contribution in [3.05, 3.63) is 53.9 Å². The average Bonchev–Trinajstić information content (AvgIpc) is 2.57. The molecule has 84 valence electrons. The predicted molar refractivity (Wildman–Crippen MR) is 64.5 cm³/mol. The largest absolute Gasteiger partial charge is 0.329 e. The number of aryl methyl sites for hydroxylation is 1. The first-order chi connectivity index (χ1) is 7.58. The molecule has 0 saturated heterocycles. The maximum absolute atomic E-state index is 11.6. The van der Waals surface area contributed by atoms with Crippen LogP contribution >= 0.6 is 22.9 Å². The van der Waals surface area contributed by atoms with Crippen LogP contribution in [0, 0.1) is 6.92 Å². The molecule has 2 rings (SSSR count). The molecule has 0 aliphatic carbocycles. The maximum atomic E-state index is 11.6. The van der Waals surface area contributed by atoms with E-state index in [-0.39, 0.29) is 17.3 Å². The molecule has 0 saturated carbocycles. The van der Waals surface area contributed by atoms with Gasteiger partial charge in [-0.05, 0) is 23.9 Å². The second-order valence-electron chi connectivity index (χ2n) is 3.37. The smallest absolute Gasteiger partial charge is 0.298 e. The van der Waals surface area contributed by atoms with Crippen LogP contribution in [0.1, 0.15) is 10.4 Å². The van der Waals surface area contributed by atoms with Gasteiger partial charge in [0, 0.05) is 10.9 Å². The van der Waals surface area contributed by atoms with Gasteiger partial charge in [-0.15, -0.1) is 11.3 Å². The van der Waals surface area contributed by atoms with Crippen LogP contribution in [0.5, 0.6) is 0 Å². The molecule has 0 amide bonds. The molecule has 0 fully saturated rings. The van der Waals surface area contributed by atoms with Gasteiger partial charge < -0.3 is 0 Å². The minimum Gasteiger partial charge on any atom is -0.298 e. The van der Waals surface area contributed by atoms with Gasteiger partial charge in [0.2, 0.25) is 0 Å². The number of thiophene rings is 1. The number of aromatic nitrogens is 2. The van der Waals surface area contributed by atoms with Crippen LogP contribution in [0.4, 0.5) is 0 Å². The third-order valence-electron chi connectivity index (χ3n) is 2.26. The quantitative estimate of drug-likeness (QED) is 0.830. The summed E-state index contributed by atoms with van der Waals surface area (Å²) in [4.78, 5) is 26.5. The zero-order valence-electron chi connectivity index (χ0n) is 8.49. The molecular formula is C10H9ClN2O2S. The van der Waals surface area contributed by atoms with Crippen LogP contribution < -0.4 is 11.2 Å². The van der Waals surface area contributed by atoms with Crippen LogP contribution in [0.15, 0.2) is 27.1 Å². The molecule has 2 aromatic heterocycles. The van der Waals surface area contributed by atoms with Crippen molar-refractivity contribution in [1.29, 1.82) is 0 Å². The van der Waals surface area contributed by atoms with Crippen molar-refractivity contribution < 1.29 is 0 Å². The van der Waals surface area contributed by atoms with E-state index < -0.39 is 5.69 Å². The molecule has 0 atom stereocenters. The number of nitrogens with zero attached hydrogens (tertiary/aromatic N) is 1. The Morgan fingerprint density at radius 1 is 1.50 bits per heavy atom. The summed E-state index contributed by atoms with van der Waals surface area (Å²) in [5.74, 6) is 0. The van der Waals surface area contributed by atoms with E-state index in [0.29, 0.717) is 0 Å². The molecular weight excluding hydrogens is 248 g/mol. The fraction of sp³-hybridized carbons (Fsp3) is 0.200. The van der Waals surface area contributed by atoms with E-state index in [1.54, 1.807) is 0 Å². The first kappa shape index (κ1) is 11.2. The molecule has 0 spiro atoms. The van der Waals surface area contributed by atoms with Crippen LogP contribution in [-0.2, 0) is 6.54 Å². The summed E-state index contributed by atoms with van der Waals surface area (Å²) in [6.45, 7) is 2.23. The molecule has 0 bridgehead atoms. The molecule has 16 heavy (non-hydrogen) atoms. The van der Waals surface area contributed by atoms with Crippen molar-refractivity contribution in [1.82, 2.24) is 9.55 Å². The number of nitrogens with one attached hydrogen (secondary N) is 1. The molecule has 6 heteroatoms. The Bertz CT molecular complexity index is 595. The number of rotatable bonds is 2. The third kappa shape index (κ3) is 2.10. The fourth-order valence-corrected chi connectivity index (χ4v) is 2.42. The monoisotopic (exact) mass is 256 g/mol. The van der Waals surface area contributed by atoms with Gasteiger partial charge in [0.15, 0.2) is 0 Å². The van der Waals surface area contributed by atoms with Crippen LogP contribution in [0.2, 0.25) is 5.15 Å². The molecule has 2 aromatic rings. The summed E-state index contributed by atoms with van der Waals surface area (Å²) in [5, 5.41) is 1.99. The minimum absolute atomic E-state index is 0.0640. The van der Waals surface area contributed by atoms with E-state index in [9.17, 15) is 9.59 Å². The van der Waals surface area contributed by atoms with Crippen LogP contribution in [0.3, 0.4) is 0 Å².